The third-order valence-corrected chi connectivity index (χ3v) is 3.93. The molecule has 0 saturated carbocycles. The first-order chi connectivity index (χ1) is 12.0. The summed E-state index contributed by atoms with van der Waals surface area (Å²) in [4.78, 5) is 22.8. The van der Waals surface area contributed by atoms with Gasteiger partial charge in [-0.05, 0) is 31.9 Å². The summed E-state index contributed by atoms with van der Waals surface area (Å²) in [6, 6.07) is 4.56. The SMILES string of the molecule is Cc1cc(N2CCCC2)nc(CNC(=O)Nc2c(F)cccc2F)n1. The monoisotopic (exact) mass is 347 g/mol. The zero-order chi connectivity index (χ0) is 17.8. The second-order valence-electron chi connectivity index (χ2n) is 5.88. The molecule has 1 saturated heterocycles. The van der Waals surface area contributed by atoms with Gasteiger partial charge in [-0.15, -0.1) is 0 Å². The molecule has 2 aromatic rings. The predicted octanol–water partition coefficient (Wildman–Crippen LogP) is 2.99. The van der Waals surface area contributed by atoms with Crippen molar-refractivity contribution in [2.24, 2.45) is 0 Å². The molecule has 3 rings (SSSR count). The van der Waals surface area contributed by atoms with Crippen LogP contribution in [0.15, 0.2) is 24.3 Å². The van der Waals surface area contributed by atoms with Crippen LogP contribution in [0, 0.1) is 18.6 Å². The summed E-state index contributed by atoms with van der Waals surface area (Å²) >= 11 is 0. The number of carbonyl (C=O) groups excluding carboxylic acids is 1. The number of para-hydroxylation sites is 1. The van der Waals surface area contributed by atoms with Crippen LogP contribution >= 0.6 is 0 Å². The van der Waals surface area contributed by atoms with Crippen molar-refractivity contribution in [3.05, 3.63) is 47.4 Å². The number of amides is 2. The van der Waals surface area contributed by atoms with E-state index in [-0.39, 0.29) is 6.54 Å². The molecular formula is C17H19F2N5O. The van der Waals surface area contributed by atoms with Gasteiger partial charge in [0, 0.05) is 24.8 Å². The minimum absolute atomic E-state index is 0.0599. The van der Waals surface area contributed by atoms with E-state index < -0.39 is 23.4 Å². The number of hydrogen-bond acceptors (Lipinski definition) is 4. The minimum atomic E-state index is -0.835. The van der Waals surface area contributed by atoms with Crippen LogP contribution in [0.4, 0.5) is 25.1 Å². The Hall–Kier alpha value is -2.77. The molecule has 1 aromatic carbocycles. The summed E-state index contributed by atoms with van der Waals surface area (Å²) in [5, 5.41) is 4.69. The van der Waals surface area contributed by atoms with E-state index >= 15 is 0 Å². The minimum Gasteiger partial charge on any atom is -0.357 e. The van der Waals surface area contributed by atoms with E-state index in [1.54, 1.807) is 0 Å². The van der Waals surface area contributed by atoms with Crippen molar-refractivity contribution in [1.82, 2.24) is 15.3 Å². The predicted molar refractivity (Wildman–Crippen MR) is 90.4 cm³/mol. The summed E-state index contributed by atoms with van der Waals surface area (Å²) in [7, 11) is 0. The quantitative estimate of drug-likeness (QED) is 0.892. The summed E-state index contributed by atoms with van der Waals surface area (Å²) in [6.45, 7) is 3.83. The van der Waals surface area contributed by atoms with E-state index in [0.717, 1.165) is 49.6 Å². The Labute approximate surface area is 144 Å². The molecule has 0 aliphatic carbocycles. The molecule has 8 heteroatoms. The average molecular weight is 347 g/mol. The van der Waals surface area contributed by atoms with Crippen molar-refractivity contribution in [1.29, 1.82) is 0 Å². The molecule has 1 aliphatic heterocycles. The maximum atomic E-state index is 13.5. The van der Waals surface area contributed by atoms with Crippen LogP contribution in [-0.4, -0.2) is 29.1 Å². The first kappa shape index (κ1) is 17.1. The van der Waals surface area contributed by atoms with Crippen molar-refractivity contribution < 1.29 is 13.6 Å². The molecule has 1 aromatic heterocycles. The molecule has 0 bridgehead atoms. The molecule has 132 valence electrons. The third-order valence-electron chi connectivity index (χ3n) is 3.93. The van der Waals surface area contributed by atoms with Gasteiger partial charge in [-0.25, -0.2) is 23.5 Å². The number of carbonyl (C=O) groups is 1. The molecule has 2 N–H and O–H groups in total. The van der Waals surface area contributed by atoms with Crippen LogP contribution in [0.5, 0.6) is 0 Å². The Morgan fingerprint density at radius 3 is 2.56 bits per heavy atom. The van der Waals surface area contributed by atoms with E-state index in [0.29, 0.717) is 5.82 Å². The number of halogens is 2. The van der Waals surface area contributed by atoms with E-state index in [1.807, 2.05) is 13.0 Å². The third kappa shape index (κ3) is 4.20. The van der Waals surface area contributed by atoms with Gasteiger partial charge in [0.05, 0.1) is 6.54 Å². The van der Waals surface area contributed by atoms with Gasteiger partial charge in [0.1, 0.15) is 29.0 Å². The van der Waals surface area contributed by atoms with Gasteiger partial charge in [-0.2, -0.15) is 0 Å². The Morgan fingerprint density at radius 1 is 1.20 bits per heavy atom. The number of nitrogens with one attached hydrogen (secondary N) is 2. The maximum absolute atomic E-state index is 13.5. The van der Waals surface area contributed by atoms with E-state index in [2.05, 4.69) is 25.5 Å². The van der Waals surface area contributed by atoms with Crippen molar-refractivity contribution in [3.8, 4) is 0 Å². The highest BCUT2D eigenvalue weighted by Crippen LogP contribution is 2.19. The largest absolute Gasteiger partial charge is 0.357 e. The molecule has 25 heavy (non-hydrogen) atoms. The van der Waals surface area contributed by atoms with Crippen molar-refractivity contribution in [2.45, 2.75) is 26.3 Å². The summed E-state index contributed by atoms with van der Waals surface area (Å²) in [6.07, 6.45) is 2.26. The number of urea groups is 1. The zero-order valence-electron chi connectivity index (χ0n) is 13.9. The fourth-order valence-electron chi connectivity index (χ4n) is 2.73. The average Bonchev–Trinajstić information content (AvgIpc) is 3.11. The number of benzene rings is 1. The standard InChI is InChI=1S/C17H19F2N5O/c1-11-9-15(24-7-2-3-8-24)22-14(21-11)10-20-17(25)23-16-12(18)5-4-6-13(16)19/h4-6,9H,2-3,7-8,10H2,1H3,(H2,20,23,25). The smallest absolute Gasteiger partial charge is 0.319 e. The number of hydrogen-bond donors (Lipinski definition) is 2. The number of aromatic nitrogens is 2. The van der Waals surface area contributed by atoms with Crippen LogP contribution in [0.2, 0.25) is 0 Å². The molecule has 0 radical (unpaired) electrons. The molecule has 1 aliphatic rings. The Kier molecular flexibility index (Phi) is 5.06. The van der Waals surface area contributed by atoms with Gasteiger partial charge in [0.2, 0.25) is 0 Å². The van der Waals surface area contributed by atoms with Crippen molar-refractivity contribution in [3.63, 3.8) is 0 Å². The highest BCUT2D eigenvalue weighted by atomic mass is 19.1. The molecule has 6 nitrogen and oxygen atoms in total. The maximum Gasteiger partial charge on any atom is 0.319 e. The van der Waals surface area contributed by atoms with Gasteiger partial charge in [0.15, 0.2) is 0 Å². The van der Waals surface area contributed by atoms with E-state index in [9.17, 15) is 13.6 Å². The second-order valence-corrected chi connectivity index (χ2v) is 5.88. The first-order valence-electron chi connectivity index (χ1n) is 8.11. The lowest BCUT2D eigenvalue weighted by molar-refractivity contribution is 0.251. The molecule has 0 spiro atoms. The summed E-state index contributed by atoms with van der Waals surface area (Å²) in [5.41, 5.74) is 0.317. The summed E-state index contributed by atoms with van der Waals surface area (Å²) < 4.78 is 27.1. The molecule has 1 fully saturated rings. The number of anilines is 2. The Morgan fingerprint density at radius 2 is 1.88 bits per heavy atom. The normalized spacial score (nSPS) is 13.8. The highest BCUT2D eigenvalue weighted by Gasteiger charge is 2.16. The van der Waals surface area contributed by atoms with Crippen LogP contribution in [-0.2, 0) is 6.54 Å². The van der Waals surface area contributed by atoms with Crippen LogP contribution < -0.4 is 15.5 Å². The number of rotatable bonds is 4. The fourth-order valence-corrected chi connectivity index (χ4v) is 2.73. The zero-order valence-corrected chi connectivity index (χ0v) is 13.9. The first-order valence-corrected chi connectivity index (χ1v) is 8.11. The van der Waals surface area contributed by atoms with E-state index in [4.69, 9.17) is 0 Å². The van der Waals surface area contributed by atoms with Gasteiger partial charge in [-0.3, -0.25) is 0 Å². The lowest BCUT2D eigenvalue weighted by Crippen LogP contribution is -2.30. The van der Waals surface area contributed by atoms with Crippen molar-refractivity contribution >= 4 is 17.5 Å². The van der Waals surface area contributed by atoms with Gasteiger partial charge in [-0.1, -0.05) is 6.07 Å². The van der Waals surface area contributed by atoms with Crippen LogP contribution in [0.3, 0.4) is 0 Å². The molecule has 0 atom stereocenters. The number of aryl methyl sites for hydroxylation is 1. The van der Waals surface area contributed by atoms with Crippen molar-refractivity contribution in [2.75, 3.05) is 23.3 Å². The summed E-state index contributed by atoms with van der Waals surface area (Å²) in [5.74, 6) is -0.384. The lowest BCUT2D eigenvalue weighted by Gasteiger charge is -2.17. The molecular weight excluding hydrogens is 328 g/mol. The lowest BCUT2D eigenvalue weighted by atomic mass is 10.3. The fraction of sp³-hybridized carbons (Fsp3) is 0.353. The Balaban J connectivity index is 1.64. The molecule has 0 unspecified atom stereocenters. The molecule has 2 amide bonds. The topological polar surface area (TPSA) is 70.2 Å². The van der Waals surface area contributed by atoms with Gasteiger partial charge in [0.25, 0.3) is 0 Å². The van der Waals surface area contributed by atoms with Gasteiger partial charge < -0.3 is 15.5 Å². The van der Waals surface area contributed by atoms with Gasteiger partial charge >= 0.3 is 6.03 Å². The van der Waals surface area contributed by atoms with E-state index in [1.165, 1.54) is 6.07 Å². The van der Waals surface area contributed by atoms with Crippen LogP contribution in [0.25, 0.3) is 0 Å². The Bertz CT molecular complexity index is 757. The second kappa shape index (κ2) is 7.42. The highest BCUT2D eigenvalue weighted by molar-refractivity contribution is 5.89. The number of nitrogens with zero attached hydrogens (tertiary/aromatic N) is 3. The molecule has 2 heterocycles. The van der Waals surface area contributed by atoms with Crippen LogP contribution in [0.1, 0.15) is 24.4 Å².